The third-order valence-electron chi connectivity index (χ3n) is 3.42. The Labute approximate surface area is 108 Å². The van der Waals surface area contributed by atoms with E-state index in [-0.39, 0.29) is 6.10 Å². The van der Waals surface area contributed by atoms with E-state index in [1.54, 1.807) is 0 Å². The number of ether oxygens (including phenoxy) is 1. The zero-order chi connectivity index (χ0) is 12.3. The van der Waals surface area contributed by atoms with Crippen LogP contribution in [-0.2, 0) is 0 Å². The summed E-state index contributed by atoms with van der Waals surface area (Å²) in [7, 11) is 0. The van der Waals surface area contributed by atoms with Crippen molar-refractivity contribution in [1.82, 2.24) is 0 Å². The lowest BCUT2D eigenvalue weighted by molar-refractivity contribution is 0.122. The second kappa shape index (κ2) is 5.74. The van der Waals surface area contributed by atoms with Gasteiger partial charge in [-0.05, 0) is 56.2 Å². The lowest BCUT2D eigenvalue weighted by Gasteiger charge is -2.26. The van der Waals surface area contributed by atoms with Crippen LogP contribution in [0, 0.1) is 0 Å². The van der Waals surface area contributed by atoms with Gasteiger partial charge in [0.2, 0.25) is 0 Å². The summed E-state index contributed by atoms with van der Waals surface area (Å²) in [5.74, 6) is 1.29. The fourth-order valence-electron chi connectivity index (χ4n) is 2.45. The maximum atomic E-state index is 9.50. The summed E-state index contributed by atoms with van der Waals surface area (Å²) in [6.45, 7) is 2.58. The molecule has 1 aromatic carbocycles. The van der Waals surface area contributed by atoms with Crippen LogP contribution in [0.5, 0.6) is 5.75 Å². The summed E-state index contributed by atoms with van der Waals surface area (Å²) >= 11 is 6.18. The first kappa shape index (κ1) is 12.7. The van der Waals surface area contributed by atoms with Gasteiger partial charge in [0.1, 0.15) is 5.75 Å². The standard InChI is InChI=1S/C14H19ClO2/c1-2-17-14-8-5-11(9-13(14)15)10-3-6-12(16)7-4-10/h5,8-10,12,16H,2-4,6-7H2,1H3. The molecule has 2 rings (SSSR count). The van der Waals surface area contributed by atoms with Crippen molar-refractivity contribution >= 4 is 11.6 Å². The number of halogens is 1. The highest BCUT2D eigenvalue weighted by Gasteiger charge is 2.21. The fraction of sp³-hybridized carbons (Fsp3) is 0.571. The highest BCUT2D eigenvalue weighted by molar-refractivity contribution is 6.32. The molecule has 94 valence electrons. The Balaban J connectivity index is 2.09. The Bertz CT molecular complexity index is 370. The maximum absolute atomic E-state index is 9.50. The lowest BCUT2D eigenvalue weighted by Crippen LogP contribution is -2.16. The van der Waals surface area contributed by atoms with E-state index in [0.717, 1.165) is 31.4 Å². The zero-order valence-electron chi connectivity index (χ0n) is 10.2. The Morgan fingerprint density at radius 1 is 1.29 bits per heavy atom. The van der Waals surface area contributed by atoms with Crippen LogP contribution >= 0.6 is 11.6 Å². The number of rotatable bonds is 3. The van der Waals surface area contributed by atoms with Crippen molar-refractivity contribution in [1.29, 1.82) is 0 Å². The zero-order valence-corrected chi connectivity index (χ0v) is 10.9. The van der Waals surface area contributed by atoms with Crippen molar-refractivity contribution < 1.29 is 9.84 Å². The van der Waals surface area contributed by atoms with E-state index >= 15 is 0 Å². The minimum absolute atomic E-state index is 0.107. The molecule has 0 unspecified atom stereocenters. The van der Waals surface area contributed by atoms with Gasteiger partial charge in [-0.25, -0.2) is 0 Å². The predicted molar refractivity (Wildman–Crippen MR) is 69.8 cm³/mol. The molecule has 2 nitrogen and oxygen atoms in total. The van der Waals surface area contributed by atoms with Crippen LogP contribution in [0.4, 0.5) is 0 Å². The maximum Gasteiger partial charge on any atom is 0.137 e. The molecule has 0 saturated heterocycles. The predicted octanol–water partition coefficient (Wildman–Crippen LogP) is 3.76. The Morgan fingerprint density at radius 3 is 2.59 bits per heavy atom. The molecule has 0 radical (unpaired) electrons. The second-order valence-electron chi connectivity index (χ2n) is 4.63. The lowest BCUT2D eigenvalue weighted by atomic mass is 9.83. The van der Waals surface area contributed by atoms with E-state index in [9.17, 15) is 5.11 Å². The number of hydrogen-bond donors (Lipinski definition) is 1. The molecule has 1 fully saturated rings. The molecule has 1 aliphatic rings. The monoisotopic (exact) mass is 254 g/mol. The van der Waals surface area contributed by atoms with Gasteiger partial charge in [0.05, 0.1) is 17.7 Å². The quantitative estimate of drug-likeness (QED) is 0.890. The Kier molecular flexibility index (Phi) is 4.30. The number of hydrogen-bond acceptors (Lipinski definition) is 2. The van der Waals surface area contributed by atoms with E-state index in [1.807, 2.05) is 19.1 Å². The van der Waals surface area contributed by atoms with Gasteiger partial charge in [0.25, 0.3) is 0 Å². The smallest absolute Gasteiger partial charge is 0.137 e. The summed E-state index contributed by atoms with van der Waals surface area (Å²) < 4.78 is 5.42. The van der Waals surface area contributed by atoms with Gasteiger partial charge >= 0.3 is 0 Å². The van der Waals surface area contributed by atoms with Gasteiger partial charge in [-0.3, -0.25) is 0 Å². The summed E-state index contributed by atoms with van der Waals surface area (Å²) in [6, 6.07) is 6.06. The molecule has 0 spiro atoms. The molecule has 0 atom stereocenters. The summed E-state index contributed by atoms with van der Waals surface area (Å²) in [5.41, 5.74) is 1.27. The van der Waals surface area contributed by atoms with Gasteiger partial charge < -0.3 is 9.84 Å². The molecule has 1 aliphatic carbocycles. The first-order valence-electron chi connectivity index (χ1n) is 6.31. The van der Waals surface area contributed by atoms with Crippen LogP contribution in [0.2, 0.25) is 5.02 Å². The van der Waals surface area contributed by atoms with Gasteiger partial charge in [-0.2, -0.15) is 0 Å². The molecule has 1 saturated carbocycles. The summed E-state index contributed by atoms with van der Waals surface area (Å²) in [6.07, 6.45) is 3.78. The van der Waals surface area contributed by atoms with Crippen molar-refractivity contribution in [2.45, 2.75) is 44.6 Å². The largest absolute Gasteiger partial charge is 0.492 e. The number of aliphatic hydroxyl groups excluding tert-OH is 1. The Morgan fingerprint density at radius 2 is 2.00 bits per heavy atom. The van der Waals surface area contributed by atoms with E-state index < -0.39 is 0 Å². The molecule has 17 heavy (non-hydrogen) atoms. The highest BCUT2D eigenvalue weighted by atomic mass is 35.5. The van der Waals surface area contributed by atoms with Crippen molar-refractivity contribution in [2.75, 3.05) is 6.61 Å². The van der Waals surface area contributed by atoms with Crippen LogP contribution < -0.4 is 4.74 Å². The average Bonchev–Trinajstić information content (AvgIpc) is 2.33. The van der Waals surface area contributed by atoms with Crippen LogP contribution in [0.1, 0.15) is 44.1 Å². The first-order chi connectivity index (χ1) is 8.20. The van der Waals surface area contributed by atoms with E-state index in [0.29, 0.717) is 17.5 Å². The molecule has 0 amide bonds. The van der Waals surface area contributed by atoms with Crippen LogP contribution in [0.15, 0.2) is 18.2 Å². The molecule has 0 bridgehead atoms. The third kappa shape index (κ3) is 3.14. The second-order valence-corrected chi connectivity index (χ2v) is 5.04. The van der Waals surface area contributed by atoms with Gasteiger partial charge in [-0.15, -0.1) is 0 Å². The molecule has 0 aliphatic heterocycles. The molecule has 1 aromatic rings. The van der Waals surface area contributed by atoms with Crippen LogP contribution in [-0.4, -0.2) is 17.8 Å². The van der Waals surface area contributed by atoms with Crippen molar-refractivity contribution in [3.05, 3.63) is 28.8 Å². The fourth-order valence-corrected chi connectivity index (χ4v) is 2.70. The summed E-state index contributed by atoms with van der Waals surface area (Å²) in [4.78, 5) is 0. The number of aliphatic hydroxyl groups is 1. The highest BCUT2D eigenvalue weighted by Crippen LogP contribution is 2.36. The van der Waals surface area contributed by atoms with Gasteiger partial charge in [-0.1, -0.05) is 17.7 Å². The molecular weight excluding hydrogens is 236 g/mol. The minimum atomic E-state index is -0.107. The van der Waals surface area contributed by atoms with Crippen molar-refractivity contribution in [3.63, 3.8) is 0 Å². The molecule has 0 heterocycles. The van der Waals surface area contributed by atoms with Crippen molar-refractivity contribution in [3.8, 4) is 5.75 Å². The van der Waals surface area contributed by atoms with Crippen molar-refractivity contribution in [2.24, 2.45) is 0 Å². The number of benzene rings is 1. The SMILES string of the molecule is CCOc1ccc(C2CCC(O)CC2)cc1Cl. The van der Waals surface area contributed by atoms with E-state index in [2.05, 4.69) is 6.07 Å². The normalized spacial score (nSPS) is 24.6. The van der Waals surface area contributed by atoms with E-state index in [1.165, 1.54) is 5.56 Å². The molecule has 1 N–H and O–H groups in total. The first-order valence-corrected chi connectivity index (χ1v) is 6.68. The van der Waals surface area contributed by atoms with Crippen LogP contribution in [0.3, 0.4) is 0 Å². The van der Waals surface area contributed by atoms with Gasteiger partial charge in [0.15, 0.2) is 0 Å². The minimum Gasteiger partial charge on any atom is -0.492 e. The van der Waals surface area contributed by atoms with Gasteiger partial charge in [0, 0.05) is 0 Å². The Hall–Kier alpha value is -0.730. The van der Waals surface area contributed by atoms with E-state index in [4.69, 9.17) is 16.3 Å². The molecular formula is C14H19ClO2. The third-order valence-corrected chi connectivity index (χ3v) is 3.72. The average molecular weight is 255 g/mol. The summed E-state index contributed by atoms with van der Waals surface area (Å²) in [5, 5.41) is 10.2. The van der Waals surface area contributed by atoms with Crippen LogP contribution in [0.25, 0.3) is 0 Å². The topological polar surface area (TPSA) is 29.5 Å². The molecule has 0 aromatic heterocycles. The molecule has 3 heteroatoms.